The largest absolute Gasteiger partial charge is 0.416 e. The van der Waals surface area contributed by atoms with Gasteiger partial charge in [-0.25, -0.2) is 0 Å². The van der Waals surface area contributed by atoms with Crippen molar-refractivity contribution in [2.24, 2.45) is 5.73 Å². The molecule has 1 amide bonds. The summed E-state index contributed by atoms with van der Waals surface area (Å²) >= 11 is 0. The van der Waals surface area contributed by atoms with Gasteiger partial charge in [0.05, 0.1) is 11.0 Å². The van der Waals surface area contributed by atoms with Gasteiger partial charge in [0.15, 0.2) is 0 Å². The lowest BCUT2D eigenvalue weighted by Crippen LogP contribution is -2.49. The van der Waals surface area contributed by atoms with Crippen LogP contribution < -0.4 is 5.73 Å². The van der Waals surface area contributed by atoms with Crippen molar-refractivity contribution in [3.8, 4) is 0 Å². The molecule has 2 rings (SSSR count). The molecule has 0 atom stereocenters. The molecule has 1 saturated heterocycles. The van der Waals surface area contributed by atoms with E-state index in [1.807, 2.05) is 0 Å². The molecule has 122 valence electrons. The summed E-state index contributed by atoms with van der Waals surface area (Å²) < 4.78 is 38.5. The molecule has 0 radical (unpaired) electrons. The number of nitrogens with zero attached hydrogens (tertiary/aromatic N) is 1. The smallest absolute Gasteiger partial charge is 0.342 e. The van der Waals surface area contributed by atoms with E-state index in [1.165, 1.54) is 6.07 Å². The van der Waals surface area contributed by atoms with Crippen molar-refractivity contribution >= 4 is 5.91 Å². The van der Waals surface area contributed by atoms with Crippen LogP contribution in [-0.2, 0) is 16.4 Å². The molecule has 1 aromatic rings. The first-order valence-corrected chi connectivity index (χ1v) is 7.35. The minimum absolute atomic E-state index is 0.0979. The van der Waals surface area contributed by atoms with Crippen LogP contribution in [0.15, 0.2) is 24.3 Å². The highest BCUT2D eigenvalue weighted by Crippen LogP contribution is 2.34. The Morgan fingerprint density at radius 3 is 2.27 bits per heavy atom. The van der Waals surface area contributed by atoms with Crippen LogP contribution in [0.4, 0.5) is 13.2 Å². The van der Waals surface area contributed by atoms with Gasteiger partial charge in [0.25, 0.3) is 0 Å². The molecule has 1 heterocycles. The van der Waals surface area contributed by atoms with Crippen LogP contribution in [0.1, 0.15) is 37.8 Å². The third kappa shape index (κ3) is 3.43. The number of nitrogens with two attached hydrogens (primary N) is 1. The number of rotatable bonds is 2. The van der Waals surface area contributed by atoms with E-state index in [4.69, 9.17) is 5.73 Å². The summed E-state index contributed by atoms with van der Waals surface area (Å²) in [6, 6.07) is 5.10. The summed E-state index contributed by atoms with van der Waals surface area (Å²) in [4.78, 5) is 14.4. The second-order valence-corrected chi connectivity index (χ2v) is 6.33. The van der Waals surface area contributed by atoms with E-state index in [2.05, 4.69) is 0 Å². The number of carbonyl (C=O) groups excluding carboxylic acids is 1. The molecule has 0 aliphatic carbocycles. The Morgan fingerprint density at radius 1 is 1.18 bits per heavy atom. The number of halogens is 3. The normalized spacial score (nSPS) is 17.6. The lowest BCUT2D eigenvalue weighted by atomic mass is 9.82. The van der Waals surface area contributed by atoms with Gasteiger partial charge in [-0.05, 0) is 38.3 Å². The maximum atomic E-state index is 12.8. The standard InChI is InChI=1S/C16H21F3N2O/c1-15(2,14(22)21-8-6-13(20)7-9-21)11-4-3-5-12(10-11)16(17,18)19/h3-5,10,13H,6-9,20H2,1-2H3. The molecule has 1 aliphatic rings. The average Bonchev–Trinajstić information content (AvgIpc) is 2.46. The van der Waals surface area contributed by atoms with Crippen LogP contribution in [0.25, 0.3) is 0 Å². The van der Waals surface area contributed by atoms with Gasteiger partial charge < -0.3 is 10.6 Å². The predicted molar refractivity (Wildman–Crippen MR) is 78.3 cm³/mol. The first-order valence-electron chi connectivity index (χ1n) is 7.35. The van der Waals surface area contributed by atoms with Crippen LogP contribution in [0.3, 0.4) is 0 Å². The second kappa shape index (κ2) is 5.91. The van der Waals surface area contributed by atoms with Crippen molar-refractivity contribution in [1.29, 1.82) is 0 Å². The molecular weight excluding hydrogens is 293 g/mol. The highest BCUT2D eigenvalue weighted by molar-refractivity contribution is 5.87. The quantitative estimate of drug-likeness (QED) is 0.912. The zero-order valence-electron chi connectivity index (χ0n) is 12.8. The summed E-state index contributed by atoms with van der Waals surface area (Å²) in [6.45, 7) is 4.45. The number of likely N-dealkylation sites (tertiary alicyclic amines) is 1. The Balaban J connectivity index is 2.24. The van der Waals surface area contributed by atoms with Crippen molar-refractivity contribution < 1.29 is 18.0 Å². The van der Waals surface area contributed by atoms with E-state index in [0.717, 1.165) is 25.0 Å². The maximum absolute atomic E-state index is 12.8. The summed E-state index contributed by atoms with van der Waals surface area (Å²) in [6.07, 6.45) is -2.96. The molecule has 0 unspecified atom stereocenters. The Hall–Kier alpha value is -1.56. The van der Waals surface area contributed by atoms with Crippen molar-refractivity contribution in [3.05, 3.63) is 35.4 Å². The summed E-state index contributed by atoms with van der Waals surface area (Å²) in [5.41, 5.74) is 4.47. The van der Waals surface area contributed by atoms with Gasteiger partial charge in [-0.15, -0.1) is 0 Å². The topological polar surface area (TPSA) is 46.3 Å². The summed E-state index contributed by atoms with van der Waals surface area (Å²) in [7, 11) is 0. The van der Waals surface area contributed by atoms with Crippen LogP contribution in [0, 0.1) is 0 Å². The number of amides is 1. The minimum atomic E-state index is -4.41. The molecule has 2 N–H and O–H groups in total. The fourth-order valence-electron chi connectivity index (χ4n) is 2.71. The van der Waals surface area contributed by atoms with Crippen LogP contribution in [0.2, 0.25) is 0 Å². The Morgan fingerprint density at radius 2 is 1.73 bits per heavy atom. The second-order valence-electron chi connectivity index (χ2n) is 6.33. The van der Waals surface area contributed by atoms with E-state index in [-0.39, 0.29) is 11.9 Å². The molecule has 0 aromatic heterocycles. The van der Waals surface area contributed by atoms with Crippen molar-refractivity contribution in [3.63, 3.8) is 0 Å². The predicted octanol–water partition coefficient (Wildman–Crippen LogP) is 2.93. The Kier molecular flexibility index (Phi) is 4.52. The fourth-order valence-corrected chi connectivity index (χ4v) is 2.71. The molecule has 1 aliphatic heterocycles. The number of hydrogen-bond donors (Lipinski definition) is 1. The number of carbonyl (C=O) groups is 1. The molecule has 0 spiro atoms. The molecule has 0 bridgehead atoms. The highest BCUT2D eigenvalue weighted by Gasteiger charge is 2.37. The van der Waals surface area contributed by atoms with Gasteiger partial charge in [0.1, 0.15) is 0 Å². The number of benzene rings is 1. The van der Waals surface area contributed by atoms with E-state index in [9.17, 15) is 18.0 Å². The lowest BCUT2D eigenvalue weighted by Gasteiger charge is -2.36. The molecule has 1 fully saturated rings. The number of piperidine rings is 1. The highest BCUT2D eigenvalue weighted by atomic mass is 19.4. The average molecular weight is 314 g/mol. The SMILES string of the molecule is CC(C)(C(=O)N1CCC(N)CC1)c1cccc(C(F)(F)F)c1. The van der Waals surface area contributed by atoms with E-state index in [0.29, 0.717) is 18.7 Å². The summed E-state index contributed by atoms with van der Waals surface area (Å²) in [5, 5.41) is 0. The molecule has 3 nitrogen and oxygen atoms in total. The monoisotopic (exact) mass is 314 g/mol. The van der Waals surface area contributed by atoms with Crippen LogP contribution >= 0.6 is 0 Å². The molecule has 22 heavy (non-hydrogen) atoms. The van der Waals surface area contributed by atoms with E-state index in [1.54, 1.807) is 24.8 Å². The zero-order chi connectivity index (χ0) is 16.5. The van der Waals surface area contributed by atoms with Gasteiger partial charge in [0.2, 0.25) is 5.91 Å². The molecule has 1 aromatic carbocycles. The van der Waals surface area contributed by atoms with Crippen LogP contribution in [-0.4, -0.2) is 29.9 Å². The number of hydrogen-bond acceptors (Lipinski definition) is 2. The van der Waals surface area contributed by atoms with E-state index >= 15 is 0 Å². The zero-order valence-corrected chi connectivity index (χ0v) is 12.8. The molecular formula is C16H21F3N2O. The fraction of sp³-hybridized carbons (Fsp3) is 0.562. The first kappa shape index (κ1) is 16.8. The number of alkyl halides is 3. The Bertz CT molecular complexity index is 547. The molecule has 6 heteroatoms. The van der Waals surface area contributed by atoms with E-state index < -0.39 is 17.2 Å². The van der Waals surface area contributed by atoms with Crippen LogP contribution in [0.5, 0.6) is 0 Å². The van der Waals surface area contributed by atoms with Gasteiger partial charge in [-0.3, -0.25) is 4.79 Å². The summed E-state index contributed by atoms with van der Waals surface area (Å²) in [5.74, 6) is -0.154. The lowest BCUT2D eigenvalue weighted by molar-refractivity contribution is -0.139. The van der Waals surface area contributed by atoms with Gasteiger partial charge in [0, 0.05) is 19.1 Å². The third-order valence-electron chi connectivity index (χ3n) is 4.27. The van der Waals surface area contributed by atoms with Crippen molar-refractivity contribution in [1.82, 2.24) is 4.90 Å². The van der Waals surface area contributed by atoms with Gasteiger partial charge in [-0.1, -0.05) is 18.2 Å². The molecule has 0 saturated carbocycles. The third-order valence-corrected chi connectivity index (χ3v) is 4.27. The maximum Gasteiger partial charge on any atom is 0.416 e. The van der Waals surface area contributed by atoms with Crippen molar-refractivity contribution in [2.45, 2.75) is 44.3 Å². The minimum Gasteiger partial charge on any atom is -0.342 e. The Labute approximate surface area is 128 Å². The first-order chi connectivity index (χ1) is 10.1. The van der Waals surface area contributed by atoms with Gasteiger partial charge in [-0.2, -0.15) is 13.2 Å². The van der Waals surface area contributed by atoms with Crippen molar-refractivity contribution in [2.75, 3.05) is 13.1 Å². The van der Waals surface area contributed by atoms with Gasteiger partial charge >= 0.3 is 6.18 Å².